The van der Waals surface area contributed by atoms with Crippen molar-refractivity contribution in [2.75, 3.05) is 0 Å². The highest BCUT2D eigenvalue weighted by molar-refractivity contribution is 5.77. The van der Waals surface area contributed by atoms with Gasteiger partial charge in [-0.15, -0.1) is 0 Å². The first-order valence-corrected chi connectivity index (χ1v) is 4.78. The molecule has 1 aromatic heterocycles. The van der Waals surface area contributed by atoms with Crippen molar-refractivity contribution >= 4 is 5.97 Å². The summed E-state index contributed by atoms with van der Waals surface area (Å²) in [4.78, 5) is 15.5. The summed E-state index contributed by atoms with van der Waals surface area (Å²) in [5, 5.41) is 0. The third-order valence-electron chi connectivity index (χ3n) is 1.70. The van der Waals surface area contributed by atoms with Crippen LogP contribution in [0.25, 0.3) is 0 Å². The van der Waals surface area contributed by atoms with Gasteiger partial charge in [-0.2, -0.15) is 0 Å². The Labute approximate surface area is 89.5 Å². The van der Waals surface area contributed by atoms with Crippen LogP contribution >= 0.6 is 0 Å². The number of hydrogen-bond acceptors (Lipinski definition) is 4. The molecule has 0 aliphatic heterocycles. The largest absolute Gasteiger partial charge is 0.459 e. The highest BCUT2D eigenvalue weighted by Gasteiger charge is 2.23. The van der Waals surface area contributed by atoms with Crippen molar-refractivity contribution < 1.29 is 9.53 Å². The molecule has 15 heavy (non-hydrogen) atoms. The van der Waals surface area contributed by atoms with Gasteiger partial charge in [-0.1, -0.05) is 6.07 Å². The van der Waals surface area contributed by atoms with E-state index in [1.54, 1.807) is 45.3 Å². The predicted molar refractivity (Wildman–Crippen MR) is 57.0 cm³/mol. The van der Waals surface area contributed by atoms with Gasteiger partial charge in [0.15, 0.2) is 0 Å². The van der Waals surface area contributed by atoms with Crippen molar-refractivity contribution in [2.45, 2.75) is 32.4 Å². The highest BCUT2D eigenvalue weighted by atomic mass is 16.6. The maximum absolute atomic E-state index is 11.6. The van der Waals surface area contributed by atoms with Gasteiger partial charge in [-0.3, -0.25) is 4.98 Å². The van der Waals surface area contributed by atoms with Crippen LogP contribution in [0.1, 0.15) is 32.4 Å². The van der Waals surface area contributed by atoms with Crippen LogP contribution in [0.15, 0.2) is 24.5 Å². The molecule has 1 heterocycles. The molecular weight excluding hydrogens is 192 g/mol. The van der Waals surface area contributed by atoms with Crippen LogP contribution in [-0.4, -0.2) is 16.6 Å². The van der Waals surface area contributed by atoms with Crippen LogP contribution in [0.5, 0.6) is 0 Å². The lowest BCUT2D eigenvalue weighted by atomic mass is 10.1. The number of aromatic nitrogens is 1. The first kappa shape index (κ1) is 11.7. The van der Waals surface area contributed by atoms with Gasteiger partial charge in [0, 0.05) is 12.4 Å². The lowest BCUT2D eigenvalue weighted by Crippen LogP contribution is -2.31. The molecule has 4 nitrogen and oxygen atoms in total. The molecule has 0 spiro atoms. The zero-order valence-electron chi connectivity index (χ0n) is 9.23. The molecule has 1 atom stereocenters. The van der Waals surface area contributed by atoms with Crippen molar-refractivity contribution in [3.05, 3.63) is 30.1 Å². The minimum absolute atomic E-state index is 0.435. The molecule has 4 heteroatoms. The summed E-state index contributed by atoms with van der Waals surface area (Å²) in [6.07, 6.45) is 3.19. The Morgan fingerprint density at radius 2 is 2.20 bits per heavy atom. The molecule has 0 unspecified atom stereocenters. The average Bonchev–Trinajstić information content (AvgIpc) is 2.15. The van der Waals surface area contributed by atoms with E-state index in [0.29, 0.717) is 5.56 Å². The minimum atomic E-state index is -0.766. The van der Waals surface area contributed by atoms with E-state index in [0.717, 1.165) is 0 Å². The van der Waals surface area contributed by atoms with E-state index in [1.807, 2.05) is 0 Å². The number of esters is 1. The number of pyridine rings is 1. The molecule has 0 saturated heterocycles. The predicted octanol–water partition coefficient (Wildman–Crippen LogP) is 1.42. The van der Waals surface area contributed by atoms with Crippen molar-refractivity contribution in [3.8, 4) is 0 Å². The topological polar surface area (TPSA) is 65.2 Å². The molecule has 0 fully saturated rings. The second-order valence-electron chi connectivity index (χ2n) is 4.30. The molecule has 82 valence electrons. The summed E-state index contributed by atoms with van der Waals surface area (Å²) >= 11 is 0. The van der Waals surface area contributed by atoms with Gasteiger partial charge in [-0.25, -0.2) is 4.79 Å². The minimum Gasteiger partial charge on any atom is -0.459 e. The normalized spacial score (nSPS) is 13.3. The van der Waals surface area contributed by atoms with E-state index in [1.165, 1.54) is 0 Å². The molecule has 2 N–H and O–H groups in total. The van der Waals surface area contributed by atoms with Crippen molar-refractivity contribution in [3.63, 3.8) is 0 Å². The third-order valence-corrected chi connectivity index (χ3v) is 1.70. The van der Waals surface area contributed by atoms with Crippen LogP contribution in [0.2, 0.25) is 0 Å². The second-order valence-corrected chi connectivity index (χ2v) is 4.30. The number of nitrogens with two attached hydrogens (primary N) is 1. The molecule has 1 rings (SSSR count). The number of ether oxygens (including phenoxy) is 1. The number of carbonyl (C=O) groups excluding carboxylic acids is 1. The van der Waals surface area contributed by atoms with Crippen LogP contribution in [0.3, 0.4) is 0 Å². The maximum atomic E-state index is 11.6. The fourth-order valence-corrected chi connectivity index (χ4v) is 1.06. The van der Waals surface area contributed by atoms with Crippen LogP contribution in [0.4, 0.5) is 0 Å². The Balaban J connectivity index is 2.70. The Bertz CT molecular complexity index is 330. The molecule has 0 aromatic carbocycles. The van der Waals surface area contributed by atoms with Crippen molar-refractivity contribution in [2.24, 2.45) is 5.73 Å². The van der Waals surface area contributed by atoms with E-state index >= 15 is 0 Å². The number of hydrogen-bond donors (Lipinski definition) is 1. The molecule has 0 saturated carbocycles. The summed E-state index contributed by atoms with van der Waals surface area (Å²) in [5.74, 6) is -0.435. The lowest BCUT2D eigenvalue weighted by molar-refractivity contribution is -0.156. The number of carbonyl (C=O) groups is 1. The quantitative estimate of drug-likeness (QED) is 0.746. The van der Waals surface area contributed by atoms with Crippen LogP contribution < -0.4 is 5.73 Å². The van der Waals surface area contributed by atoms with Gasteiger partial charge in [-0.05, 0) is 32.4 Å². The van der Waals surface area contributed by atoms with Crippen molar-refractivity contribution in [1.82, 2.24) is 4.98 Å². The van der Waals surface area contributed by atoms with Crippen molar-refractivity contribution in [1.29, 1.82) is 0 Å². The van der Waals surface area contributed by atoms with Gasteiger partial charge in [0.2, 0.25) is 0 Å². The SMILES string of the molecule is CC(C)(C)OC(=O)[C@@H](N)c1cccnc1. The third kappa shape index (κ3) is 3.67. The summed E-state index contributed by atoms with van der Waals surface area (Å²) in [6.45, 7) is 5.42. The molecule has 0 radical (unpaired) electrons. The zero-order valence-corrected chi connectivity index (χ0v) is 9.23. The summed E-state index contributed by atoms with van der Waals surface area (Å²) in [6, 6.07) is 2.72. The fraction of sp³-hybridized carbons (Fsp3) is 0.455. The van der Waals surface area contributed by atoms with Gasteiger partial charge in [0.1, 0.15) is 11.6 Å². The summed E-state index contributed by atoms with van der Waals surface area (Å²) in [5.41, 5.74) is 5.87. The Morgan fingerprint density at radius 1 is 1.53 bits per heavy atom. The van der Waals surface area contributed by atoms with Gasteiger partial charge in [0.25, 0.3) is 0 Å². The number of nitrogens with zero attached hydrogens (tertiary/aromatic N) is 1. The Morgan fingerprint density at radius 3 is 2.67 bits per heavy atom. The van der Waals surface area contributed by atoms with Gasteiger partial charge >= 0.3 is 5.97 Å². The zero-order chi connectivity index (χ0) is 11.5. The lowest BCUT2D eigenvalue weighted by Gasteiger charge is -2.22. The molecular formula is C11H16N2O2. The van der Waals surface area contributed by atoms with Crippen LogP contribution in [0, 0.1) is 0 Å². The first-order valence-electron chi connectivity index (χ1n) is 4.78. The van der Waals surface area contributed by atoms with Crippen LogP contribution in [-0.2, 0) is 9.53 Å². The van der Waals surface area contributed by atoms with E-state index in [9.17, 15) is 4.79 Å². The molecule has 0 bridgehead atoms. The fourth-order valence-electron chi connectivity index (χ4n) is 1.06. The maximum Gasteiger partial charge on any atom is 0.328 e. The number of rotatable bonds is 2. The monoisotopic (exact) mass is 208 g/mol. The van der Waals surface area contributed by atoms with E-state index in [-0.39, 0.29) is 0 Å². The molecule has 0 aliphatic rings. The Hall–Kier alpha value is -1.42. The second kappa shape index (κ2) is 4.40. The van der Waals surface area contributed by atoms with Gasteiger partial charge in [0.05, 0.1) is 0 Å². The summed E-state index contributed by atoms with van der Waals surface area (Å²) in [7, 11) is 0. The van der Waals surface area contributed by atoms with E-state index in [2.05, 4.69) is 4.98 Å². The Kier molecular flexibility index (Phi) is 3.42. The van der Waals surface area contributed by atoms with Gasteiger partial charge < -0.3 is 10.5 Å². The highest BCUT2D eigenvalue weighted by Crippen LogP contribution is 2.15. The smallest absolute Gasteiger partial charge is 0.328 e. The molecule has 0 amide bonds. The standard InChI is InChI=1S/C11H16N2O2/c1-11(2,3)15-10(14)9(12)8-5-4-6-13-7-8/h4-7,9H,12H2,1-3H3/t9-/m0/s1. The average molecular weight is 208 g/mol. The summed E-state index contributed by atoms with van der Waals surface area (Å²) < 4.78 is 5.16. The first-order chi connectivity index (χ1) is 6.90. The van der Waals surface area contributed by atoms with E-state index < -0.39 is 17.6 Å². The molecule has 1 aromatic rings. The molecule has 0 aliphatic carbocycles. The van der Waals surface area contributed by atoms with E-state index in [4.69, 9.17) is 10.5 Å².